The highest BCUT2D eigenvalue weighted by atomic mass is 35.5. The summed E-state index contributed by atoms with van der Waals surface area (Å²) in [5, 5.41) is 0.583. The molecule has 3 rings (SSSR count). The highest BCUT2D eigenvalue weighted by Crippen LogP contribution is 2.15. The number of thiazole rings is 1. The van der Waals surface area contributed by atoms with Crippen LogP contribution in [-0.2, 0) is 7.05 Å². The number of hydrogen-bond acceptors (Lipinski definition) is 3. The van der Waals surface area contributed by atoms with Crippen molar-refractivity contribution in [2.45, 2.75) is 6.92 Å². The lowest BCUT2D eigenvalue weighted by Gasteiger charge is -1.99. The maximum atomic E-state index is 12.5. The summed E-state index contributed by atoms with van der Waals surface area (Å²) in [5.74, 6) is -0.112. The lowest BCUT2D eigenvalue weighted by molar-refractivity contribution is 0.106. The molecule has 0 amide bonds. The quantitative estimate of drug-likeness (QED) is 0.666. The Morgan fingerprint density at radius 1 is 1.12 bits per heavy atom. The minimum atomic E-state index is -0.145. The molecule has 0 bridgehead atoms. The summed E-state index contributed by atoms with van der Waals surface area (Å²) < 4.78 is 2.64. The van der Waals surface area contributed by atoms with Gasteiger partial charge < -0.3 is 4.57 Å². The minimum Gasteiger partial charge on any atom is -0.302 e. The Bertz CT molecular complexity index is 1130. The number of carbonyl (C=O) groups is 1. The summed E-state index contributed by atoms with van der Waals surface area (Å²) in [6, 6.07) is 14.7. The molecule has 5 heteroatoms. The molecule has 0 fully saturated rings. The first kappa shape index (κ1) is 17.4. The van der Waals surface area contributed by atoms with Crippen LogP contribution in [0.5, 0.6) is 0 Å². The minimum absolute atomic E-state index is 0.112. The van der Waals surface area contributed by atoms with Gasteiger partial charge in [0.25, 0.3) is 5.56 Å². The fourth-order valence-electron chi connectivity index (χ4n) is 2.48. The van der Waals surface area contributed by atoms with E-state index in [0.29, 0.717) is 19.8 Å². The molecule has 1 aromatic heterocycles. The van der Waals surface area contributed by atoms with Crippen molar-refractivity contribution in [3.8, 4) is 0 Å². The third kappa shape index (κ3) is 3.65. The van der Waals surface area contributed by atoms with E-state index in [4.69, 9.17) is 11.6 Å². The van der Waals surface area contributed by atoms with Gasteiger partial charge in [-0.3, -0.25) is 9.59 Å². The monoisotopic (exact) mass is 369 g/mol. The van der Waals surface area contributed by atoms with Crippen molar-refractivity contribution in [3.63, 3.8) is 0 Å². The van der Waals surface area contributed by atoms with Gasteiger partial charge in [-0.25, -0.2) is 0 Å². The molecule has 0 saturated carbocycles. The summed E-state index contributed by atoms with van der Waals surface area (Å²) in [5.41, 5.74) is 2.18. The molecule has 3 nitrogen and oxygen atoms in total. The number of aromatic nitrogens is 1. The molecule has 0 aliphatic rings. The zero-order chi connectivity index (χ0) is 18.0. The fourth-order valence-corrected chi connectivity index (χ4v) is 3.69. The van der Waals surface area contributed by atoms with Crippen molar-refractivity contribution in [2.24, 2.45) is 7.05 Å². The van der Waals surface area contributed by atoms with Gasteiger partial charge in [0.2, 0.25) is 0 Å². The Labute approximate surface area is 154 Å². The molecule has 126 valence electrons. The number of ketones is 1. The number of Topliss-reactive ketones (excluding diaryl/α,β-unsaturated/α-hetero) is 1. The van der Waals surface area contributed by atoms with E-state index in [0.717, 1.165) is 11.1 Å². The molecule has 2 aromatic carbocycles. The Balaban J connectivity index is 2.11. The summed E-state index contributed by atoms with van der Waals surface area (Å²) in [6.45, 7) is 1.89. The highest BCUT2D eigenvalue weighted by Gasteiger charge is 2.08. The van der Waals surface area contributed by atoms with Crippen LogP contribution in [0, 0.1) is 6.92 Å². The van der Waals surface area contributed by atoms with Crippen LogP contribution in [0.1, 0.15) is 21.5 Å². The van der Waals surface area contributed by atoms with Gasteiger partial charge in [0.1, 0.15) is 4.66 Å². The number of rotatable bonds is 3. The molecule has 3 aromatic rings. The topological polar surface area (TPSA) is 39.1 Å². The summed E-state index contributed by atoms with van der Waals surface area (Å²) in [6.07, 6.45) is 3.27. The van der Waals surface area contributed by atoms with Crippen LogP contribution in [0.3, 0.4) is 0 Å². The van der Waals surface area contributed by atoms with E-state index >= 15 is 0 Å². The normalized spacial score (nSPS) is 12.6. The zero-order valence-electron chi connectivity index (χ0n) is 13.8. The van der Waals surface area contributed by atoms with E-state index in [2.05, 4.69) is 0 Å². The second kappa shape index (κ2) is 7.21. The van der Waals surface area contributed by atoms with Crippen LogP contribution in [0.25, 0.3) is 12.2 Å². The molecule has 25 heavy (non-hydrogen) atoms. The van der Waals surface area contributed by atoms with Crippen LogP contribution in [0.2, 0.25) is 5.02 Å². The molecule has 0 saturated heterocycles. The van der Waals surface area contributed by atoms with E-state index < -0.39 is 0 Å². The second-order valence-electron chi connectivity index (χ2n) is 5.66. The number of benzene rings is 2. The van der Waals surface area contributed by atoms with Crippen LogP contribution in [0.15, 0.2) is 53.3 Å². The van der Waals surface area contributed by atoms with Crippen molar-refractivity contribution >= 4 is 40.9 Å². The maximum Gasteiger partial charge on any atom is 0.268 e. The van der Waals surface area contributed by atoms with Crippen molar-refractivity contribution in [1.29, 1.82) is 0 Å². The number of aryl methyl sites for hydroxylation is 1. The van der Waals surface area contributed by atoms with Gasteiger partial charge in [-0.1, -0.05) is 54.1 Å². The largest absolute Gasteiger partial charge is 0.302 e. The van der Waals surface area contributed by atoms with Crippen molar-refractivity contribution in [1.82, 2.24) is 4.57 Å². The maximum absolute atomic E-state index is 12.5. The van der Waals surface area contributed by atoms with Crippen LogP contribution in [0.4, 0.5) is 0 Å². The van der Waals surface area contributed by atoms with Gasteiger partial charge >= 0.3 is 0 Å². The first-order valence-corrected chi connectivity index (χ1v) is 8.90. The average Bonchev–Trinajstić information content (AvgIpc) is 2.85. The second-order valence-corrected chi connectivity index (χ2v) is 7.13. The van der Waals surface area contributed by atoms with Gasteiger partial charge in [0, 0.05) is 23.7 Å². The fraction of sp³-hybridized carbons (Fsp3) is 0.100. The summed E-state index contributed by atoms with van der Waals surface area (Å²) in [4.78, 5) is 25.0. The number of carbonyl (C=O) groups excluding carboxylic acids is 1. The van der Waals surface area contributed by atoms with Gasteiger partial charge in [0.15, 0.2) is 5.78 Å². The smallest absolute Gasteiger partial charge is 0.268 e. The molecule has 0 N–H and O–H groups in total. The molecule has 0 aliphatic heterocycles. The van der Waals surface area contributed by atoms with E-state index in [1.54, 1.807) is 25.3 Å². The molecular formula is C20H16ClNO2S. The van der Waals surface area contributed by atoms with E-state index in [9.17, 15) is 9.59 Å². The molecule has 0 unspecified atom stereocenters. The Hall–Kier alpha value is -2.43. The van der Waals surface area contributed by atoms with Crippen LogP contribution < -0.4 is 14.8 Å². The number of nitrogens with zero attached hydrogens (tertiary/aromatic N) is 1. The summed E-state index contributed by atoms with van der Waals surface area (Å²) in [7, 11) is 1.67. The molecular weight excluding hydrogens is 354 g/mol. The average molecular weight is 370 g/mol. The predicted octanol–water partition coefficient (Wildman–Crippen LogP) is 2.90. The predicted molar refractivity (Wildman–Crippen MR) is 104 cm³/mol. The third-order valence-electron chi connectivity index (χ3n) is 3.92. The molecule has 0 atom stereocenters. The zero-order valence-corrected chi connectivity index (χ0v) is 15.4. The molecule has 1 heterocycles. The first-order chi connectivity index (χ1) is 12.0. The van der Waals surface area contributed by atoms with Gasteiger partial charge in [-0.2, -0.15) is 0 Å². The standard InChI is InChI=1S/C20H16ClNO2S/c1-13-7-3-5-9-15(13)17(23)12-19-22(2)20(24)18(25-19)11-14-8-4-6-10-16(14)21/h3-12H,1-2H3/b18-11-,19-12-. The van der Waals surface area contributed by atoms with E-state index in [1.807, 2.05) is 43.3 Å². The Morgan fingerprint density at radius 3 is 2.52 bits per heavy atom. The first-order valence-electron chi connectivity index (χ1n) is 7.71. The van der Waals surface area contributed by atoms with E-state index in [-0.39, 0.29) is 11.3 Å². The highest BCUT2D eigenvalue weighted by molar-refractivity contribution is 7.07. The number of halogens is 1. The summed E-state index contributed by atoms with van der Waals surface area (Å²) >= 11 is 7.44. The van der Waals surface area contributed by atoms with Gasteiger partial charge in [-0.15, -0.1) is 11.3 Å². The Morgan fingerprint density at radius 2 is 1.80 bits per heavy atom. The molecule has 0 spiro atoms. The molecule has 0 radical (unpaired) electrons. The lowest BCUT2D eigenvalue weighted by Crippen LogP contribution is -2.29. The Kier molecular flexibility index (Phi) is 5.02. The number of hydrogen-bond donors (Lipinski definition) is 0. The van der Waals surface area contributed by atoms with Crippen molar-refractivity contribution in [2.75, 3.05) is 0 Å². The lowest BCUT2D eigenvalue weighted by atomic mass is 10.1. The van der Waals surface area contributed by atoms with Crippen molar-refractivity contribution < 1.29 is 4.79 Å². The van der Waals surface area contributed by atoms with E-state index in [1.165, 1.54) is 22.0 Å². The van der Waals surface area contributed by atoms with Gasteiger partial charge in [0.05, 0.1) is 4.53 Å². The SMILES string of the molecule is Cc1ccccc1C(=O)/C=c1\s/c(=C\c2ccccc2Cl)c(=O)n1C. The van der Waals surface area contributed by atoms with Crippen molar-refractivity contribution in [3.05, 3.63) is 89.8 Å². The van der Waals surface area contributed by atoms with Crippen LogP contribution >= 0.6 is 22.9 Å². The van der Waals surface area contributed by atoms with Crippen LogP contribution in [-0.4, -0.2) is 10.4 Å². The molecule has 0 aliphatic carbocycles. The van der Waals surface area contributed by atoms with Gasteiger partial charge in [-0.05, 0) is 30.2 Å². The third-order valence-corrected chi connectivity index (χ3v) is 5.37.